The highest BCUT2D eigenvalue weighted by Gasteiger charge is 2.51. The van der Waals surface area contributed by atoms with Crippen LogP contribution in [-0.4, -0.2) is 36.2 Å². The number of methoxy groups -OCH3 is 1. The van der Waals surface area contributed by atoms with E-state index in [1.807, 2.05) is 18.2 Å². The highest BCUT2D eigenvalue weighted by Crippen LogP contribution is 2.47. The van der Waals surface area contributed by atoms with Crippen LogP contribution in [0.25, 0.3) is 0 Å². The van der Waals surface area contributed by atoms with Crippen LogP contribution >= 0.6 is 0 Å². The SMILES string of the molecule is COc1ccc2c(c1)C(N)CC1(CC(C)N(C3CC3)C1)O2. The summed E-state index contributed by atoms with van der Waals surface area (Å²) >= 11 is 0. The first-order valence-corrected chi connectivity index (χ1v) is 7.98. The van der Waals surface area contributed by atoms with E-state index < -0.39 is 0 Å². The van der Waals surface area contributed by atoms with Crippen LogP contribution < -0.4 is 15.2 Å². The molecule has 4 rings (SSSR count). The number of rotatable bonds is 2. The van der Waals surface area contributed by atoms with E-state index in [-0.39, 0.29) is 11.6 Å². The summed E-state index contributed by atoms with van der Waals surface area (Å²) in [6.45, 7) is 3.35. The van der Waals surface area contributed by atoms with Gasteiger partial charge in [-0.15, -0.1) is 0 Å². The quantitative estimate of drug-likeness (QED) is 0.908. The minimum Gasteiger partial charge on any atom is -0.497 e. The molecule has 2 N–H and O–H groups in total. The lowest BCUT2D eigenvalue weighted by Gasteiger charge is -2.39. The van der Waals surface area contributed by atoms with Gasteiger partial charge in [0.15, 0.2) is 0 Å². The Morgan fingerprint density at radius 2 is 2.14 bits per heavy atom. The van der Waals surface area contributed by atoms with Crippen molar-refractivity contribution in [3.63, 3.8) is 0 Å². The van der Waals surface area contributed by atoms with E-state index in [9.17, 15) is 0 Å². The molecular weight excluding hydrogens is 264 g/mol. The Morgan fingerprint density at radius 3 is 2.86 bits per heavy atom. The average Bonchev–Trinajstić information content (AvgIpc) is 3.25. The normalized spacial score (nSPS) is 35.6. The second kappa shape index (κ2) is 4.62. The summed E-state index contributed by atoms with van der Waals surface area (Å²) in [5.74, 6) is 1.79. The molecule has 1 saturated carbocycles. The van der Waals surface area contributed by atoms with E-state index in [2.05, 4.69) is 11.8 Å². The zero-order valence-electron chi connectivity index (χ0n) is 12.8. The van der Waals surface area contributed by atoms with E-state index in [1.165, 1.54) is 12.8 Å². The number of ether oxygens (including phenoxy) is 2. The smallest absolute Gasteiger partial charge is 0.125 e. The molecule has 3 aliphatic rings. The molecule has 3 unspecified atom stereocenters. The van der Waals surface area contributed by atoms with Gasteiger partial charge in [0.25, 0.3) is 0 Å². The van der Waals surface area contributed by atoms with Crippen molar-refractivity contribution in [2.45, 2.75) is 56.3 Å². The second-order valence-corrected chi connectivity index (χ2v) is 6.96. The molecule has 2 aliphatic heterocycles. The third-order valence-corrected chi connectivity index (χ3v) is 5.26. The zero-order valence-corrected chi connectivity index (χ0v) is 12.8. The Balaban J connectivity index is 1.62. The summed E-state index contributed by atoms with van der Waals surface area (Å²) in [6, 6.07) is 7.42. The standard InChI is InChI=1S/C17H24N2O2/c1-11-8-17(10-19(11)12-3-4-12)9-15(18)14-7-13(20-2)5-6-16(14)21-17/h5-7,11-12,15H,3-4,8-10,18H2,1-2H3. The van der Waals surface area contributed by atoms with Crippen molar-refractivity contribution in [2.24, 2.45) is 5.73 Å². The summed E-state index contributed by atoms with van der Waals surface area (Å²) in [5.41, 5.74) is 7.44. The highest BCUT2D eigenvalue weighted by atomic mass is 16.5. The summed E-state index contributed by atoms with van der Waals surface area (Å²) in [5, 5.41) is 0. The molecule has 21 heavy (non-hydrogen) atoms. The van der Waals surface area contributed by atoms with Crippen molar-refractivity contribution in [1.82, 2.24) is 4.90 Å². The largest absolute Gasteiger partial charge is 0.497 e. The molecule has 0 amide bonds. The lowest BCUT2D eigenvalue weighted by molar-refractivity contribution is 0.0432. The lowest BCUT2D eigenvalue weighted by atomic mass is 9.86. The monoisotopic (exact) mass is 288 g/mol. The number of nitrogens with zero attached hydrogens (tertiary/aromatic N) is 1. The Bertz CT molecular complexity index is 558. The van der Waals surface area contributed by atoms with Crippen LogP contribution in [0.2, 0.25) is 0 Å². The Hall–Kier alpha value is -1.26. The van der Waals surface area contributed by atoms with Gasteiger partial charge in [0.05, 0.1) is 7.11 Å². The van der Waals surface area contributed by atoms with Crippen LogP contribution in [-0.2, 0) is 0 Å². The summed E-state index contributed by atoms with van der Waals surface area (Å²) in [6.07, 6.45) is 4.68. The van der Waals surface area contributed by atoms with Crippen molar-refractivity contribution in [3.8, 4) is 11.5 Å². The molecule has 0 bridgehead atoms. The molecule has 1 aromatic carbocycles. The molecule has 114 valence electrons. The van der Waals surface area contributed by atoms with E-state index in [0.29, 0.717) is 6.04 Å². The van der Waals surface area contributed by atoms with Crippen molar-refractivity contribution < 1.29 is 9.47 Å². The Morgan fingerprint density at radius 1 is 1.33 bits per heavy atom. The first-order chi connectivity index (χ1) is 10.1. The third-order valence-electron chi connectivity index (χ3n) is 5.26. The van der Waals surface area contributed by atoms with E-state index in [4.69, 9.17) is 15.2 Å². The van der Waals surface area contributed by atoms with Crippen LogP contribution in [0.15, 0.2) is 18.2 Å². The predicted molar refractivity (Wildman–Crippen MR) is 81.7 cm³/mol. The summed E-state index contributed by atoms with van der Waals surface area (Å²) < 4.78 is 11.8. The fourth-order valence-electron chi connectivity index (χ4n) is 4.15. The van der Waals surface area contributed by atoms with Gasteiger partial charge >= 0.3 is 0 Å². The molecule has 1 spiro atoms. The molecule has 1 aliphatic carbocycles. The molecule has 2 heterocycles. The number of benzene rings is 1. The zero-order chi connectivity index (χ0) is 14.6. The maximum absolute atomic E-state index is 6.45. The van der Waals surface area contributed by atoms with Crippen LogP contribution in [0.3, 0.4) is 0 Å². The van der Waals surface area contributed by atoms with Gasteiger partial charge in [0.2, 0.25) is 0 Å². The molecular formula is C17H24N2O2. The molecule has 0 radical (unpaired) electrons. The fraction of sp³-hybridized carbons (Fsp3) is 0.647. The molecule has 3 atom stereocenters. The molecule has 0 aromatic heterocycles. The molecule has 1 aromatic rings. The van der Waals surface area contributed by atoms with Crippen molar-refractivity contribution in [3.05, 3.63) is 23.8 Å². The first-order valence-electron chi connectivity index (χ1n) is 7.98. The van der Waals surface area contributed by atoms with Crippen LogP contribution in [0.4, 0.5) is 0 Å². The van der Waals surface area contributed by atoms with Crippen molar-refractivity contribution in [1.29, 1.82) is 0 Å². The van der Waals surface area contributed by atoms with Crippen molar-refractivity contribution >= 4 is 0 Å². The third kappa shape index (κ3) is 2.21. The van der Waals surface area contributed by atoms with Crippen LogP contribution in [0, 0.1) is 0 Å². The first kappa shape index (κ1) is 13.4. The predicted octanol–water partition coefficient (Wildman–Crippen LogP) is 2.47. The number of fused-ring (bicyclic) bond motifs is 1. The van der Waals surface area contributed by atoms with E-state index in [0.717, 1.165) is 42.5 Å². The van der Waals surface area contributed by atoms with Crippen molar-refractivity contribution in [2.75, 3.05) is 13.7 Å². The van der Waals surface area contributed by atoms with Crippen LogP contribution in [0.5, 0.6) is 11.5 Å². The molecule has 4 heteroatoms. The maximum Gasteiger partial charge on any atom is 0.125 e. The van der Waals surface area contributed by atoms with Crippen LogP contribution in [0.1, 0.15) is 44.2 Å². The summed E-state index contributed by atoms with van der Waals surface area (Å²) in [4.78, 5) is 2.63. The highest BCUT2D eigenvalue weighted by molar-refractivity contribution is 5.44. The van der Waals surface area contributed by atoms with Gasteiger partial charge in [-0.3, -0.25) is 4.90 Å². The fourth-order valence-corrected chi connectivity index (χ4v) is 4.15. The van der Waals surface area contributed by atoms with Gasteiger partial charge in [0, 0.05) is 43.1 Å². The lowest BCUT2D eigenvalue weighted by Crippen LogP contribution is -2.45. The van der Waals surface area contributed by atoms with Gasteiger partial charge in [-0.05, 0) is 38.0 Å². The summed E-state index contributed by atoms with van der Waals surface area (Å²) in [7, 11) is 1.69. The van der Waals surface area contributed by atoms with Gasteiger partial charge in [0.1, 0.15) is 17.1 Å². The Kier molecular flexibility index (Phi) is 2.95. The number of hydrogen-bond acceptors (Lipinski definition) is 4. The van der Waals surface area contributed by atoms with Gasteiger partial charge in [-0.2, -0.15) is 0 Å². The molecule has 2 fully saturated rings. The van der Waals surface area contributed by atoms with E-state index >= 15 is 0 Å². The average molecular weight is 288 g/mol. The number of likely N-dealkylation sites (tertiary alicyclic amines) is 1. The second-order valence-electron chi connectivity index (χ2n) is 6.96. The maximum atomic E-state index is 6.45. The van der Waals surface area contributed by atoms with Gasteiger partial charge < -0.3 is 15.2 Å². The molecule has 1 saturated heterocycles. The van der Waals surface area contributed by atoms with Gasteiger partial charge in [-0.1, -0.05) is 0 Å². The van der Waals surface area contributed by atoms with Gasteiger partial charge in [-0.25, -0.2) is 0 Å². The number of nitrogens with two attached hydrogens (primary N) is 1. The Labute approximate surface area is 126 Å². The van der Waals surface area contributed by atoms with E-state index in [1.54, 1.807) is 7.11 Å². The minimum absolute atomic E-state index is 0.0372. The topological polar surface area (TPSA) is 47.7 Å². The number of hydrogen-bond donors (Lipinski definition) is 1. The minimum atomic E-state index is -0.0942. The molecule has 4 nitrogen and oxygen atoms in total.